The van der Waals surface area contributed by atoms with Gasteiger partial charge in [-0.2, -0.15) is 0 Å². The SMILES string of the molecule is CCOC(=O)/C(C)=C/C(C(C)C)N(C)C(=O)C(NC(=O)C(NC)(C1CCCCC1)C1CC1)C(C)(C)C. The maximum atomic E-state index is 14.1. The zero-order chi connectivity index (χ0) is 27.3. The highest BCUT2D eigenvalue weighted by Gasteiger charge is 2.55. The summed E-state index contributed by atoms with van der Waals surface area (Å²) in [5, 5.41) is 6.70. The summed E-state index contributed by atoms with van der Waals surface area (Å²) in [4.78, 5) is 42.0. The summed E-state index contributed by atoms with van der Waals surface area (Å²) in [6.45, 7) is 13.8. The molecule has 0 heterocycles. The number of hydrogen-bond acceptors (Lipinski definition) is 5. The number of nitrogens with zero attached hydrogens (tertiary/aromatic N) is 1. The zero-order valence-electron chi connectivity index (χ0n) is 24.2. The molecule has 7 nitrogen and oxygen atoms in total. The molecule has 0 aliphatic heterocycles. The fourth-order valence-corrected chi connectivity index (χ4v) is 5.89. The van der Waals surface area contributed by atoms with Gasteiger partial charge in [0.25, 0.3) is 0 Å². The Morgan fingerprint density at radius 2 is 1.58 bits per heavy atom. The van der Waals surface area contributed by atoms with E-state index in [1.165, 1.54) is 6.42 Å². The van der Waals surface area contributed by atoms with Crippen LogP contribution in [0.25, 0.3) is 0 Å². The summed E-state index contributed by atoms with van der Waals surface area (Å²) >= 11 is 0. The Morgan fingerprint density at radius 1 is 1.03 bits per heavy atom. The van der Waals surface area contributed by atoms with Gasteiger partial charge in [0.15, 0.2) is 0 Å². The van der Waals surface area contributed by atoms with Crippen molar-refractivity contribution < 1.29 is 19.1 Å². The molecule has 3 atom stereocenters. The number of amides is 2. The normalized spacial score (nSPS) is 20.9. The summed E-state index contributed by atoms with van der Waals surface area (Å²) in [6.07, 6.45) is 9.54. The van der Waals surface area contributed by atoms with Crippen molar-refractivity contribution >= 4 is 17.8 Å². The highest BCUT2D eigenvalue weighted by molar-refractivity contribution is 5.93. The lowest BCUT2D eigenvalue weighted by molar-refractivity contribution is -0.143. The second kappa shape index (κ2) is 12.6. The van der Waals surface area contributed by atoms with Crippen LogP contribution >= 0.6 is 0 Å². The number of rotatable bonds is 11. The summed E-state index contributed by atoms with van der Waals surface area (Å²) in [7, 11) is 3.67. The van der Waals surface area contributed by atoms with Gasteiger partial charge in [0, 0.05) is 12.6 Å². The molecule has 0 bridgehead atoms. The van der Waals surface area contributed by atoms with E-state index >= 15 is 0 Å². The zero-order valence-corrected chi connectivity index (χ0v) is 24.2. The summed E-state index contributed by atoms with van der Waals surface area (Å²) < 4.78 is 5.14. The van der Waals surface area contributed by atoms with E-state index in [4.69, 9.17) is 4.74 Å². The Morgan fingerprint density at radius 3 is 2.03 bits per heavy atom. The van der Waals surface area contributed by atoms with Gasteiger partial charge in [0.2, 0.25) is 11.8 Å². The van der Waals surface area contributed by atoms with Crippen LogP contribution in [-0.2, 0) is 19.1 Å². The predicted octanol–water partition coefficient (Wildman–Crippen LogP) is 4.46. The van der Waals surface area contributed by atoms with Crippen molar-refractivity contribution in [2.45, 2.75) is 111 Å². The van der Waals surface area contributed by atoms with Gasteiger partial charge < -0.3 is 20.3 Å². The molecule has 2 N–H and O–H groups in total. The lowest BCUT2D eigenvalue weighted by atomic mass is 9.70. The third-order valence-corrected chi connectivity index (χ3v) is 8.14. The minimum atomic E-state index is -0.692. The molecule has 7 heteroatoms. The molecule has 2 rings (SSSR count). The van der Waals surface area contributed by atoms with E-state index in [0.717, 1.165) is 38.5 Å². The number of nitrogens with one attached hydrogen (secondary N) is 2. The Balaban J connectivity index is 2.34. The molecule has 2 amide bonds. The van der Waals surface area contributed by atoms with Crippen LogP contribution in [0.1, 0.15) is 93.4 Å². The van der Waals surface area contributed by atoms with Gasteiger partial charge >= 0.3 is 5.97 Å². The third-order valence-electron chi connectivity index (χ3n) is 8.14. The maximum Gasteiger partial charge on any atom is 0.333 e. The first-order valence-electron chi connectivity index (χ1n) is 13.9. The number of esters is 1. The van der Waals surface area contributed by atoms with Crippen molar-refractivity contribution in [1.82, 2.24) is 15.5 Å². The van der Waals surface area contributed by atoms with Crippen molar-refractivity contribution in [3.63, 3.8) is 0 Å². The molecular formula is C29H51N3O4. The Kier molecular flexibility index (Phi) is 10.6. The van der Waals surface area contributed by atoms with Crippen LogP contribution in [0.5, 0.6) is 0 Å². The van der Waals surface area contributed by atoms with Crippen molar-refractivity contribution in [2.75, 3.05) is 20.7 Å². The van der Waals surface area contributed by atoms with E-state index in [-0.39, 0.29) is 35.7 Å². The van der Waals surface area contributed by atoms with Crippen molar-refractivity contribution in [1.29, 1.82) is 0 Å². The van der Waals surface area contributed by atoms with Crippen molar-refractivity contribution in [3.05, 3.63) is 11.6 Å². The molecule has 0 saturated heterocycles. The smallest absolute Gasteiger partial charge is 0.333 e. The summed E-state index contributed by atoms with van der Waals surface area (Å²) in [5.74, 6) is 0.117. The van der Waals surface area contributed by atoms with Gasteiger partial charge in [-0.25, -0.2) is 4.79 Å². The monoisotopic (exact) mass is 505 g/mol. The average Bonchev–Trinajstić information content (AvgIpc) is 3.66. The van der Waals surface area contributed by atoms with Crippen LogP contribution in [0.15, 0.2) is 11.6 Å². The molecule has 0 spiro atoms. The quantitative estimate of drug-likeness (QED) is 0.320. The standard InChI is InChI=1S/C29H51N3O4/c1-10-36-26(34)20(4)18-23(19(2)3)32(9)25(33)24(28(5,6)7)31-27(35)29(30-8,22-16-17-22)21-14-12-11-13-15-21/h18-19,21-24,30H,10-17H2,1-9H3,(H,31,35)/b20-18+. The molecule has 2 aliphatic rings. The van der Waals surface area contributed by atoms with Gasteiger partial charge in [-0.1, -0.05) is 60.0 Å². The van der Waals surface area contributed by atoms with Gasteiger partial charge in [0.05, 0.1) is 12.6 Å². The lowest BCUT2D eigenvalue weighted by Crippen LogP contribution is -2.66. The van der Waals surface area contributed by atoms with Gasteiger partial charge in [0.1, 0.15) is 11.6 Å². The molecule has 2 fully saturated rings. The predicted molar refractivity (Wildman–Crippen MR) is 144 cm³/mol. The van der Waals surface area contributed by atoms with E-state index in [0.29, 0.717) is 18.1 Å². The van der Waals surface area contributed by atoms with E-state index in [2.05, 4.69) is 10.6 Å². The molecule has 2 saturated carbocycles. The van der Waals surface area contributed by atoms with Crippen LogP contribution in [0.3, 0.4) is 0 Å². The molecular weight excluding hydrogens is 454 g/mol. The average molecular weight is 506 g/mol. The summed E-state index contributed by atoms with van der Waals surface area (Å²) in [6, 6.07) is -0.998. The van der Waals surface area contributed by atoms with Crippen LogP contribution in [-0.4, -0.2) is 61.0 Å². The minimum absolute atomic E-state index is 0.0413. The van der Waals surface area contributed by atoms with E-state index < -0.39 is 17.0 Å². The number of likely N-dealkylation sites (N-methyl/N-ethyl adjacent to an activating group) is 2. The molecule has 36 heavy (non-hydrogen) atoms. The van der Waals surface area contributed by atoms with Crippen LogP contribution in [0.4, 0.5) is 0 Å². The first kappa shape index (κ1) is 30.3. The maximum absolute atomic E-state index is 14.1. The number of carbonyl (C=O) groups excluding carboxylic acids is 3. The molecule has 3 unspecified atom stereocenters. The third kappa shape index (κ3) is 6.90. The van der Waals surface area contributed by atoms with Crippen LogP contribution < -0.4 is 10.6 Å². The van der Waals surface area contributed by atoms with Crippen molar-refractivity contribution in [2.24, 2.45) is 23.2 Å². The minimum Gasteiger partial charge on any atom is -0.463 e. The fourth-order valence-electron chi connectivity index (χ4n) is 5.89. The Labute approximate surface area is 219 Å². The van der Waals surface area contributed by atoms with E-state index in [1.54, 1.807) is 25.8 Å². The highest BCUT2D eigenvalue weighted by Crippen LogP contribution is 2.48. The Hall–Kier alpha value is -1.89. The molecule has 0 radical (unpaired) electrons. The van der Waals surface area contributed by atoms with Crippen LogP contribution in [0, 0.1) is 23.2 Å². The van der Waals surface area contributed by atoms with Crippen molar-refractivity contribution in [3.8, 4) is 0 Å². The van der Waals surface area contributed by atoms with E-state index in [9.17, 15) is 14.4 Å². The number of hydrogen-bond donors (Lipinski definition) is 2. The first-order chi connectivity index (χ1) is 16.8. The number of carbonyl (C=O) groups is 3. The van der Waals surface area contributed by atoms with Gasteiger partial charge in [-0.15, -0.1) is 0 Å². The second-order valence-electron chi connectivity index (χ2n) is 12.3. The number of ether oxygens (including phenoxy) is 1. The molecule has 206 valence electrons. The molecule has 2 aliphatic carbocycles. The topological polar surface area (TPSA) is 87.7 Å². The molecule has 0 aromatic rings. The first-order valence-corrected chi connectivity index (χ1v) is 13.9. The van der Waals surface area contributed by atoms with Gasteiger partial charge in [-0.3, -0.25) is 9.59 Å². The van der Waals surface area contributed by atoms with Crippen LogP contribution in [0.2, 0.25) is 0 Å². The van der Waals surface area contributed by atoms with Gasteiger partial charge in [-0.05, 0) is 69.7 Å². The highest BCUT2D eigenvalue weighted by atomic mass is 16.5. The lowest BCUT2D eigenvalue weighted by Gasteiger charge is -2.44. The fraction of sp³-hybridized carbons (Fsp3) is 0.828. The van der Waals surface area contributed by atoms with E-state index in [1.807, 2.05) is 47.7 Å². The Bertz CT molecular complexity index is 806. The summed E-state index contributed by atoms with van der Waals surface area (Å²) in [5.41, 5.74) is -0.634. The molecule has 0 aromatic heterocycles. The second-order valence-corrected chi connectivity index (χ2v) is 12.3. The molecule has 0 aromatic carbocycles. The largest absolute Gasteiger partial charge is 0.463 e.